The van der Waals surface area contributed by atoms with Crippen molar-refractivity contribution in [2.75, 3.05) is 24.1 Å². The van der Waals surface area contributed by atoms with Gasteiger partial charge < -0.3 is 19.7 Å². The molecule has 218 valence electrons. The van der Waals surface area contributed by atoms with Crippen molar-refractivity contribution in [2.45, 2.75) is 64.1 Å². The molecule has 1 aliphatic heterocycles. The third-order valence-corrected chi connectivity index (χ3v) is 7.92. The zero-order valence-electron chi connectivity index (χ0n) is 24.0. The number of benzene rings is 2. The number of nitrogens with one attached hydrogen (secondary N) is 2. The van der Waals surface area contributed by atoms with Crippen LogP contribution in [0.1, 0.15) is 61.5 Å². The topological polar surface area (TPSA) is 127 Å². The van der Waals surface area contributed by atoms with Crippen LogP contribution in [0, 0.1) is 6.92 Å². The lowest BCUT2D eigenvalue weighted by Crippen LogP contribution is -2.55. The van der Waals surface area contributed by atoms with Crippen molar-refractivity contribution in [3.05, 3.63) is 65.4 Å². The molecule has 0 unspecified atom stereocenters. The SMILES string of the molecule is Cc1ccc(OC[C@@H]2CCN2C(=O)OC(C)(C)C)cc1C(=O)NC1(c2cc(NS(C)(=O)=O)cc3ncccc23)CC1. The average molecular weight is 581 g/mol. The number of nitrogens with zero attached hydrogens (tertiary/aromatic N) is 2. The van der Waals surface area contributed by atoms with Crippen LogP contribution in [0.3, 0.4) is 0 Å². The smallest absolute Gasteiger partial charge is 0.410 e. The van der Waals surface area contributed by atoms with Gasteiger partial charge in [-0.2, -0.15) is 0 Å². The van der Waals surface area contributed by atoms with Gasteiger partial charge in [-0.15, -0.1) is 0 Å². The molecule has 2 aromatic carbocycles. The number of fused-ring (bicyclic) bond motifs is 1. The third kappa shape index (κ3) is 6.56. The van der Waals surface area contributed by atoms with Crippen LogP contribution >= 0.6 is 0 Å². The third-order valence-electron chi connectivity index (χ3n) is 7.31. The Morgan fingerprint density at radius 3 is 2.54 bits per heavy atom. The Labute approximate surface area is 240 Å². The highest BCUT2D eigenvalue weighted by Crippen LogP contribution is 2.49. The van der Waals surface area contributed by atoms with Crippen LogP contribution < -0.4 is 14.8 Å². The fraction of sp³-hybridized carbons (Fsp3) is 0.433. The molecule has 2 aliphatic rings. The van der Waals surface area contributed by atoms with E-state index in [9.17, 15) is 18.0 Å². The highest BCUT2D eigenvalue weighted by atomic mass is 32.2. The number of amides is 2. The molecule has 1 saturated heterocycles. The van der Waals surface area contributed by atoms with Gasteiger partial charge in [0.05, 0.1) is 29.0 Å². The lowest BCUT2D eigenvalue weighted by atomic mass is 9.97. The van der Waals surface area contributed by atoms with Crippen molar-refractivity contribution in [1.29, 1.82) is 0 Å². The number of hydrogen-bond donors (Lipinski definition) is 2. The average Bonchev–Trinajstić information content (AvgIpc) is 3.62. The number of aryl methyl sites for hydroxylation is 1. The van der Waals surface area contributed by atoms with E-state index in [0.717, 1.165) is 29.2 Å². The van der Waals surface area contributed by atoms with E-state index < -0.39 is 21.2 Å². The molecule has 11 heteroatoms. The number of ether oxygens (including phenoxy) is 2. The fourth-order valence-electron chi connectivity index (χ4n) is 5.03. The van der Waals surface area contributed by atoms with Crippen molar-refractivity contribution >= 4 is 38.6 Å². The largest absolute Gasteiger partial charge is 0.491 e. The fourth-order valence-corrected chi connectivity index (χ4v) is 5.57. The Kier molecular flexibility index (Phi) is 7.35. The van der Waals surface area contributed by atoms with E-state index in [-0.39, 0.29) is 18.0 Å². The van der Waals surface area contributed by atoms with Gasteiger partial charge >= 0.3 is 6.09 Å². The van der Waals surface area contributed by atoms with Gasteiger partial charge in [-0.05, 0) is 88.4 Å². The quantitative estimate of drug-likeness (QED) is 0.395. The molecule has 2 N–H and O–H groups in total. The molecule has 5 rings (SSSR count). The summed E-state index contributed by atoms with van der Waals surface area (Å²) in [6.45, 7) is 8.30. The van der Waals surface area contributed by atoms with Crippen molar-refractivity contribution in [3.63, 3.8) is 0 Å². The predicted molar refractivity (Wildman–Crippen MR) is 157 cm³/mol. The van der Waals surface area contributed by atoms with Gasteiger partial charge in [0.25, 0.3) is 5.91 Å². The number of sulfonamides is 1. The summed E-state index contributed by atoms with van der Waals surface area (Å²) in [5, 5.41) is 4.07. The molecule has 1 saturated carbocycles. The lowest BCUT2D eigenvalue weighted by Gasteiger charge is -2.41. The molecule has 1 aliphatic carbocycles. The second-order valence-corrected chi connectivity index (χ2v) is 13.7. The monoisotopic (exact) mass is 580 g/mol. The second-order valence-electron chi connectivity index (χ2n) is 11.9. The summed E-state index contributed by atoms with van der Waals surface area (Å²) in [5.41, 5.74) is 1.93. The first-order valence-electron chi connectivity index (χ1n) is 13.7. The molecule has 2 amide bonds. The minimum atomic E-state index is -3.50. The first-order valence-corrected chi connectivity index (χ1v) is 15.5. The van der Waals surface area contributed by atoms with Crippen LogP contribution in [0.2, 0.25) is 0 Å². The maximum Gasteiger partial charge on any atom is 0.410 e. The Hall–Kier alpha value is -3.86. The summed E-state index contributed by atoms with van der Waals surface area (Å²) in [7, 11) is -3.50. The summed E-state index contributed by atoms with van der Waals surface area (Å²) < 4.78 is 37.9. The van der Waals surface area contributed by atoms with Gasteiger partial charge in [0.1, 0.15) is 18.0 Å². The van der Waals surface area contributed by atoms with E-state index >= 15 is 0 Å². The molecule has 10 nitrogen and oxygen atoms in total. The summed E-state index contributed by atoms with van der Waals surface area (Å²) in [5.74, 6) is 0.290. The molecule has 2 fully saturated rings. The van der Waals surface area contributed by atoms with Crippen molar-refractivity contribution in [2.24, 2.45) is 0 Å². The Morgan fingerprint density at radius 2 is 1.90 bits per heavy atom. The molecule has 0 spiro atoms. The molecular formula is C30H36N4O6S. The van der Waals surface area contributed by atoms with Gasteiger partial charge in [0, 0.05) is 23.7 Å². The van der Waals surface area contributed by atoms with Gasteiger partial charge in [-0.25, -0.2) is 13.2 Å². The highest BCUT2D eigenvalue weighted by molar-refractivity contribution is 7.92. The number of hydrogen-bond acceptors (Lipinski definition) is 7. The van der Waals surface area contributed by atoms with E-state index in [4.69, 9.17) is 9.47 Å². The van der Waals surface area contributed by atoms with Crippen LogP contribution in [0.25, 0.3) is 10.9 Å². The van der Waals surface area contributed by atoms with Crippen LogP contribution in [0.5, 0.6) is 5.75 Å². The van der Waals surface area contributed by atoms with Gasteiger partial charge in [0.2, 0.25) is 10.0 Å². The molecule has 0 radical (unpaired) electrons. The minimum Gasteiger partial charge on any atom is -0.491 e. The maximum absolute atomic E-state index is 13.6. The van der Waals surface area contributed by atoms with Gasteiger partial charge in [0.15, 0.2) is 0 Å². The highest BCUT2D eigenvalue weighted by Gasteiger charge is 2.47. The second kappa shape index (κ2) is 10.5. The summed E-state index contributed by atoms with van der Waals surface area (Å²) in [4.78, 5) is 32.1. The van der Waals surface area contributed by atoms with Crippen molar-refractivity contribution < 1.29 is 27.5 Å². The van der Waals surface area contributed by atoms with E-state index in [0.29, 0.717) is 48.5 Å². The van der Waals surface area contributed by atoms with E-state index in [1.165, 1.54) is 0 Å². The number of rotatable bonds is 8. The van der Waals surface area contributed by atoms with Crippen molar-refractivity contribution in [1.82, 2.24) is 15.2 Å². The zero-order valence-corrected chi connectivity index (χ0v) is 24.8. The van der Waals surface area contributed by atoms with Gasteiger partial charge in [-0.3, -0.25) is 14.5 Å². The summed E-state index contributed by atoms with van der Waals surface area (Å²) in [6, 6.07) is 12.5. The Morgan fingerprint density at radius 1 is 1.15 bits per heavy atom. The minimum absolute atomic E-state index is 0.0899. The van der Waals surface area contributed by atoms with Crippen LogP contribution in [0.4, 0.5) is 10.5 Å². The molecular weight excluding hydrogens is 544 g/mol. The van der Waals surface area contributed by atoms with E-state index in [2.05, 4.69) is 15.0 Å². The maximum atomic E-state index is 13.6. The number of carbonyl (C=O) groups excluding carboxylic acids is 2. The van der Waals surface area contributed by atoms with E-state index in [1.54, 1.807) is 29.3 Å². The molecule has 2 heterocycles. The number of anilines is 1. The first-order chi connectivity index (χ1) is 19.2. The van der Waals surface area contributed by atoms with Crippen molar-refractivity contribution in [3.8, 4) is 5.75 Å². The standard InChI is InChI=1S/C30H36N4O6S/c1-19-8-9-22(39-18-21-10-14-34(21)28(36)40-29(2,3)4)17-24(19)27(35)32-30(11-12-30)25-15-20(33-41(5,37)38)16-26-23(25)7-6-13-31-26/h6-9,13,15-17,21,33H,10-12,14,18H2,1-5H3,(H,32,35)/t21-/m0/s1. The van der Waals surface area contributed by atoms with Gasteiger partial charge in [-0.1, -0.05) is 12.1 Å². The molecule has 1 aromatic heterocycles. The van der Waals surface area contributed by atoms with Crippen LogP contribution in [-0.4, -0.2) is 61.4 Å². The summed E-state index contributed by atoms with van der Waals surface area (Å²) in [6.07, 6.45) is 4.64. The molecule has 0 bridgehead atoms. The summed E-state index contributed by atoms with van der Waals surface area (Å²) >= 11 is 0. The molecule has 3 aromatic rings. The van der Waals surface area contributed by atoms with Crippen LogP contribution in [0.15, 0.2) is 48.7 Å². The lowest BCUT2D eigenvalue weighted by molar-refractivity contribution is -0.0141. The first kappa shape index (κ1) is 28.7. The number of likely N-dealkylation sites (tertiary alicyclic amines) is 1. The molecule has 41 heavy (non-hydrogen) atoms. The predicted octanol–water partition coefficient (Wildman–Crippen LogP) is 4.72. The molecule has 1 atom stereocenters. The number of carbonyl (C=O) groups is 2. The Bertz CT molecular complexity index is 1610. The number of aromatic nitrogens is 1. The number of pyridine rings is 1. The van der Waals surface area contributed by atoms with E-state index in [1.807, 2.05) is 52.0 Å². The Balaban J connectivity index is 1.32. The normalized spacial score (nSPS) is 17.9. The zero-order chi connectivity index (χ0) is 29.6. The van der Waals surface area contributed by atoms with Crippen LogP contribution in [-0.2, 0) is 20.3 Å².